The molecule has 16 rings (SSSR count). The molecule has 2 aliphatic carbocycles. The minimum absolute atomic E-state index is 0.201. The first kappa shape index (κ1) is 34.5. The van der Waals surface area contributed by atoms with E-state index < -0.39 is 0 Å². The fourth-order valence-electron chi connectivity index (χ4n) is 12.0. The Morgan fingerprint density at radius 1 is 0.203 bits per heavy atom. The van der Waals surface area contributed by atoms with Gasteiger partial charge in [-0.15, -0.1) is 0 Å². The standard InChI is InChI=1S/C62H32Se2/c1-3-25-57-35(15-1)41-21-9-23-43(61(41)63-57)49-31-55-54-30-48-40-20-8-14-34-12-6-18-38(60(34)40)46(48)28-52(54)50(44-24-10-22-42-36-16-2-4-26-58(36)64-62(42)44)32-56(55)53-29-47-39-19-7-13-33-11-5-17-37(59(33)39)45(47)27-51(49)53/h1-32H. The third-order valence-corrected chi connectivity index (χ3v) is 19.8. The van der Waals surface area contributed by atoms with Gasteiger partial charge in [0.15, 0.2) is 0 Å². The SMILES string of the molecule is c1cc2c3c(cccc3c1)-c1cc3c(cc1-2)c(-c1cccc2c1[se]c1ccccc12)cc1c2cc4c(cc2c(-c2cccc5c2[se]c2ccccc25)cc31)-c1cccc2cccc-4c12. The van der Waals surface area contributed by atoms with Gasteiger partial charge in [0.05, 0.1) is 0 Å². The first-order valence-electron chi connectivity index (χ1n) is 22.1. The van der Waals surface area contributed by atoms with Crippen molar-refractivity contribution in [2.75, 3.05) is 0 Å². The molecule has 0 unspecified atom stereocenters. The van der Waals surface area contributed by atoms with Crippen molar-refractivity contribution in [2.24, 2.45) is 0 Å². The van der Waals surface area contributed by atoms with Crippen LogP contribution in [0.25, 0.3) is 159 Å². The van der Waals surface area contributed by atoms with Crippen molar-refractivity contribution < 1.29 is 0 Å². The molecule has 292 valence electrons. The molecule has 64 heavy (non-hydrogen) atoms. The molecule has 2 aliphatic rings. The van der Waals surface area contributed by atoms with Gasteiger partial charge in [-0.3, -0.25) is 0 Å². The van der Waals surface area contributed by atoms with Gasteiger partial charge in [-0.2, -0.15) is 0 Å². The van der Waals surface area contributed by atoms with Crippen LogP contribution in [0, 0.1) is 0 Å². The van der Waals surface area contributed by atoms with Crippen LogP contribution in [-0.2, 0) is 0 Å². The normalized spacial score (nSPS) is 12.7. The van der Waals surface area contributed by atoms with E-state index in [0.29, 0.717) is 0 Å². The van der Waals surface area contributed by atoms with Crippen LogP contribution in [0.5, 0.6) is 0 Å². The summed E-state index contributed by atoms with van der Waals surface area (Å²) in [6, 6.07) is 75.1. The summed E-state index contributed by atoms with van der Waals surface area (Å²) in [5.41, 5.74) is 16.1. The van der Waals surface area contributed by atoms with Crippen molar-refractivity contribution in [1.82, 2.24) is 0 Å². The predicted molar refractivity (Wildman–Crippen MR) is 278 cm³/mol. The average Bonchev–Trinajstić information content (AvgIpc) is 4.10. The Labute approximate surface area is 379 Å². The summed E-state index contributed by atoms with van der Waals surface area (Å²) in [7, 11) is 0. The van der Waals surface area contributed by atoms with Crippen molar-refractivity contribution in [3.8, 4) is 66.8 Å². The molecule has 0 aliphatic heterocycles. The first-order chi connectivity index (χ1) is 31.7. The molecule has 2 heterocycles. The van der Waals surface area contributed by atoms with Crippen molar-refractivity contribution in [1.29, 1.82) is 0 Å². The second-order valence-electron chi connectivity index (χ2n) is 17.8. The topological polar surface area (TPSA) is 0 Å². The van der Waals surface area contributed by atoms with Crippen LogP contribution < -0.4 is 0 Å². The summed E-state index contributed by atoms with van der Waals surface area (Å²) in [6.07, 6.45) is 0. The Hall–Kier alpha value is -7.02. The van der Waals surface area contributed by atoms with Gasteiger partial charge in [-0.1, -0.05) is 0 Å². The van der Waals surface area contributed by atoms with Crippen LogP contribution >= 0.6 is 0 Å². The molecular formula is C62H32Se2. The molecule has 0 fully saturated rings. The maximum atomic E-state index is 2.60. The summed E-state index contributed by atoms with van der Waals surface area (Å²) in [6.45, 7) is 0. The molecule has 0 N–H and O–H groups in total. The monoisotopic (exact) mass is 936 g/mol. The molecule has 0 nitrogen and oxygen atoms in total. The molecule has 0 spiro atoms. The van der Waals surface area contributed by atoms with Crippen LogP contribution in [0.15, 0.2) is 194 Å². The zero-order valence-electron chi connectivity index (χ0n) is 34.3. The molecule has 0 saturated heterocycles. The van der Waals surface area contributed by atoms with Gasteiger partial charge >= 0.3 is 382 Å². The molecule has 0 bridgehead atoms. The second kappa shape index (κ2) is 12.4. The first-order valence-corrected chi connectivity index (χ1v) is 25.6. The van der Waals surface area contributed by atoms with Crippen molar-refractivity contribution in [3.63, 3.8) is 0 Å². The number of rotatable bonds is 2. The second-order valence-corrected chi connectivity index (χ2v) is 22.2. The van der Waals surface area contributed by atoms with Gasteiger partial charge < -0.3 is 0 Å². The van der Waals surface area contributed by atoms with Crippen molar-refractivity contribution >= 4 is 121 Å². The third-order valence-electron chi connectivity index (χ3n) is 14.7. The van der Waals surface area contributed by atoms with Crippen LogP contribution in [0.3, 0.4) is 0 Å². The predicted octanol–water partition coefficient (Wildman–Crippen LogP) is 16.8. The molecule has 14 aromatic rings. The zero-order chi connectivity index (χ0) is 41.4. The Balaban J connectivity index is 1.11. The molecule has 12 aromatic carbocycles. The van der Waals surface area contributed by atoms with Gasteiger partial charge in [-0.25, -0.2) is 0 Å². The van der Waals surface area contributed by atoms with Gasteiger partial charge in [0.1, 0.15) is 0 Å². The summed E-state index contributed by atoms with van der Waals surface area (Å²) in [4.78, 5) is 0. The van der Waals surface area contributed by atoms with E-state index in [1.165, 1.54) is 159 Å². The Bertz CT molecular complexity index is 4180. The van der Waals surface area contributed by atoms with Gasteiger partial charge in [0.2, 0.25) is 0 Å². The average molecular weight is 935 g/mol. The molecule has 0 saturated carbocycles. The fourth-order valence-corrected chi connectivity index (χ4v) is 17.1. The molecular weight excluding hydrogens is 903 g/mol. The number of hydrogen-bond acceptors (Lipinski definition) is 0. The summed E-state index contributed by atoms with van der Waals surface area (Å²) < 4.78 is 5.94. The van der Waals surface area contributed by atoms with Crippen LogP contribution in [-0.4, -0.2) is 29.0 Å². The molecule has 0 radical (unpaired) electrons. The molecule has 0 amide bonds. The van der Waals surface area contributed by atoms with Crippen LogP contribution in [0.1, 0.15) is 0 Å². The third kappa shape index (κ3) is 4.39. The van der Waals surface area contributed by atoms with E-state index in [-0.39, 0.29) is 29.0 Å². The fraction of sp³-hybridized carbons (Fsp3) is 0. The quantitative estimate of drug-likeness (QED) is 0.120. The van der Waals surface area contributed by atoms with Gasteiger partial charge in [0.25, 0.3) is 0 Å². The number of benzene rings is 12. The minimum atomic E-state index is 0.201. The number of fused-ring (bicyclic) bond motifs is 17. The summed E-state index contributed by atoms with van der Waals surface area (Å²) in [5.74, 6) is 0. The van der Waals surface area contributed by atoms with E-state index in [9.17, 15) is 0 Å². The van der Waals surface area contributed by atoms with E-state index in [4.69, 9.17) is 0 Å². The molecule has 2 heteroatoms. The zero-order valence-corrected chi connectivity index (χ0v) is 37.7. The molecule has 0 atom stereocenters. The van der Waals surface area contributed by atoms with E-state index in [2.05, 4.69) is 194 Å². The Kier molecular flexibility index (Phi) is 6.66. The Morgan fingerprint density at radius 3 is 0.938 bits per heavy atom. The van der Waals surface area contributed by atoms with Crippen molar-refractivity contribution in [2.45, 2.75) is 0 Å². The van der Waals surface area contributed by atoms with Crippen LogP contribution in [0.4, 0.5) is 0 Å². The Morgan fingerprint density at radius 2 is 0.516 bits per heavy atom. The van der Waals surface area contributed by atoms with Crippen molar-refractivity contribution in [3.05, 3.63) is 194 Å². The summed E-state index contributed by atoms with van der Waals surface area (Å²) in [5, 5.41) is 18.9. The molecule has 2 aromatic heterocycles. The van der Waals surface area contributed by atoms with E-state index in [0.717, 1.165) is 0 Å². The van der Waals surface area contributed by atoms with E-state index in [1.807, 2.05) is 0 Å². The van der Waals surface area contributed by atoms with Crippen LogP contribution in [0.2, 0.25) is 0 Å². The maximum absolute atomic E-state index is 2.60. The summed E-state index contributed by atoms with van der Waals surface area (Å²) >= 11 is 0.402. The van der Waals surface area contributed by atoms with Gasteiger partial charge in [-0.05, 0) is 0 Å². The number of hydrogen-bond donors (Lipinski definition) is 0. The van der Waals surface area contributed by atoms with Gasteiger partial charge in [0, 0.05) is 0 Å². The van der Waals surface area contributed by atoms with E-state index in [1.54, 1.807) is 0 Å². The van der Waals surface area contributed by atoms with E-state index >= 15 is 0 Å².